The topological polar surface area (TPSA) is 24.9 Å². The summed E-state index contributed by atoms with van der Waals surface area (Å²) in [5.74, 6) is 0. The summed E-state index contributed by atoms with van der Waals surface area (Å²) in [4.78, 5) is 5.30. The summed E-state index contributed by atoms with van der Waals surface area (Å²) >= 11 is 0. The first kappa shape index (κ1) is 25.5. The van der Waals surface area contributed by atoms with Gasteiger partial charge in [0.2, 0.25) is 0 Å². The molecular weight excluding hydrogens is 520 g/mol. The summed E-state index contributed by atoms with van der Waals surface area (Å²) in [7, 11) is 0. The third kappa shape index (κ3) is 4.56. The van der Waals surface area contributed by atoms with Crippen molar-refractivity contribution < 1.29 is 0 Å². The van der Waals surface area contributed by atoms with E-state index in [1.165, 1.54) is 61.2 Å². The molecule has 43 heavy (non-hydrogen) atoms. The molecule has 0 saturated heterocycles. The number of hydrogen-bond acceptors (Lipinski definition) is 2. The number of benzene rings is 4. The third-order valence-corrected chi connectivity index (χ3v) is 9.08. The van der Waals surface area contributed by atoms with Gasteiger partial charge < -0.3 is 5.32 Å². The van der Waals surface area contributed by atoms with Crippen LogP contribution in [-0.2, 0) is 0 Å². The zero-order chi connectivity index (χ0) is 28.8. The van der Waals surface area contributed by atoms with Gasteiger partial charge in [-0.2, -0.15) is 0 Å². The number of fused-ring (bicyclic) bond motifs is 3. The first-order valence-electron chi connectivity index (χ1n) is 15.1. The SMILES string of the molecule is CC12C=CC=CC1=CC=C(c1cc(-c3ccc(-c4cccc5c4NCC=C5)cc3)c3ccc(-c4ccccc4)cc3n1)C2. The van der Waals surface area contributed by atoms with Gasteiger partial charge in [0.25, 0.3) is 0 Å². The van der Waals surface area contributed by atoms with Crippen molar-refractivity contribution in [3.8, 4) is 33.4 Å². The van der Waals surface area contributed by atoms with Crippen molar-refractivity contribution in [2.75, 3.05) is 11.9 Å². The number of allylic oxidation sites excluding steroid dienone is 8. The minimum Gasteiger partial charge on any atom is -0.381 e. The summed E-state index contributed by atoms with van der Waals surface area (Å²) < 4.78 is 0. The largest absolute Gasteiger partial charge is 0.381 e. The molecule has 1 aliphatic heterocycles. The number of para-hydroxylation sites is 1. The van der Waals surface area contributed by atoms with Crippen LogP contribution in [0.25, 0.3) is 55.9 Å². The lowest BCUT2D eigenvalue weighted by Gasteiger charge is -2.33. The quantitative estimate of drug-likeness (QED) is 0.240. The molecule has 2 nitrogen and oxygen atoms in total. The average molecular weight is 553 g/mol. The van der Waals surface area contributed by atoms with Crippen LogP contribution < -0.4 is 5.32 Å². The van der Waals surface area contributed by atoms with E-state index in [0.29, 0.717) is 0 Å². The molecule has 0 fully saturated rings. The normalized spacial score (nSPS) is 18.4. The Morgan fingerprint density at radius 2 is 1.51 bits per heavy atom. The van der Waals surface area contributed by atoms with E-state index < -0.39 is 0 Å². The van der Waals surface area contributed by atoms with Crippen molar-refractivity contribution in [2.24, 2.45) is 5.41 Å². The molecule has 2 heteroatoms. The number of hydrogen-bond donors (Lipinski definition) is 1. The highest BCUT2D eigenvalue weighted by Crippen LogP contribution is 2.45. The van der Waals surface area contributed by atoms with E-state index in [-0.39, 0.29) is 5.41 Å². The molecule has 206 valence electrons. The Kier molecular flexibility index (Phi) is 6.08. The Morgan fingerprint density at radius 3 is 2.37 bits per heavy atom. The molecule has 0 amide bonds. The van der Waals surface area contributed by atoms with Crippen molar-refractivity contribution in [3.63, 3.8) is 0 Å². The van der Waals surface area contributed by atoms with Gasteiger partial charge in [-0.15, -0.1) is 0 Å². The van der Waals surface area contributed by atoms with E-state index in [1.54, 1.807) is 0 Å². The number of rotatable bonds is 4. The molecule has 0 spiro atoms. The average Bonchev–Trinajstić information content (AvgIpc) is 3.07. The van der Waals surface area contributed by atoms with Gasteiger partial charge in [0.05, 0.1) is 11.2 Å². The first-order chi connectivity index (χ1) is 21.1. The molecule has 0 saturated carbocycles. The molecule has 2 aliphatic carbocycles. The summed E-state index contributed by atoms with van der Waals surface area (Å²) in [6.45, 7) is 3.18. The van der Waals surface area contributed by atoms with Crippen LogP contribution in [0.4, 0.5) is 5.69 Å². The van der Waals surface area contributed by atoms with Gasteiger partial charge in [0.1, 0.15) is 0 Å². The van der Waals surface area contributed by atoms with Gasteiger partial charge in [-0.05, 0) is 63.1 Å². The van der Waals surface area contributed by atoms with Crippen LogP contribution in [0.15, 0.2) is 145 Å². The number of nitrogens with zero attached hydrogens (tertiary/aromatic N) is 1. The van der Waals surface area contributed by atoms with E-state index in [0.717, 1.165) is 24.2 Å². The Hall–Kier alpha value is -5.21. The molecule has 5 aromatic rings. The van der Waals surface area contributed by atoms with Crippen LogP contribution in [0.3, 0.4) is 0 Å². The van der Waals surface area contributed by atoms with Gasteiger partial charge in [0, 0.05) is 28.6 Å². The van der Waals surface area contributed by atoms with Gasteiger partial charge >= 0.3 is 0 Å². The number of nitrogens with one attached hydrogen (secondary N) is 1. The van der Waals surface area contributed by atoms with Crippen molar-refractivity contribution in [3.05, 3.63) is 156 Å². The molecule has 1 unspecified atom stereocenters. The Morgan fingerprint density at radius 1 is 0.698 bits per heavy atom. The standard InChI is InChI=1S/C41H32N2/c1-41-23-6-5-13-34(41)21-19-33(27-41)38-26-37(36-22-20-32(25-39(36)43-38)28-9-3-2-4-10-28)30-17-15-29(16-18-30)35-14-7-11-31-12-8-24-42-40(31)35/h2-23,25-26,42H,24,27H2,1H3. The predicted octanol–water partition coefficient (Wildman–Crippen LogP) is 10.5. The predicted molar refractivity (Wildman–Crippen MR) is 183 cm³/mol. The molecule has 3 aliphatic rings. The summed E-state index contributed by atoms with van der Waals surface area (Å²) in [6.07, 6.45) is 18.7. The molecule has 2 heterocycles. The van der Waals surface area contributed by atoms with Crippen molar-refractivity contribution in [1.82, 2.24) is 4.98 Å². The third-order valence-electron chi connectivity index (χ3n) is 9.08. The number of aromatic nitrogens is 1. The maximum Gasteiger partial charge on any atom is 0.0721 e. The molecule has 1 aromatic heterocycles. The van der Waals surface area contributed by atoms with Crippen molar-refractivity contribution >= 4 is 28.2 Å². The maximum atomic E-state index is 5.30. The van der Waals surface area contributed by atoms with Crippen LogP contribution >= 0.6 is 0 Å². The van der Waals surface area contributed by atoms with Crippen LogP contribution in [0.5, 0.6) is 0 Å². The molecular formula is C41H32N2. The minimum atomic E-state index is -0.0127. The lowest BCUT2D eigenvalue weighted by Crippen LogP contribution is -2.20. The van der Waals surface area contributed by atoms with Gasteiger partial charge in [-0.3, -0.25) is 0 Å². The minimum absolute atomic E-state index is 0.0127. The smallest absolute Gasteiger partial charge is 0.0721 e. The zero-order valence-corrected chi connectivity index (χ0v) is 24.2. The van der Waals surface area contributed by atoms with Crippen LogP contribution in [0, 0.1) is 5.41 Å². The van der Waals surface area contributed by atoms with Gasteiger partial charge in [-0.1, -0.05) is 140 Å². The second kappa shape index (κ2) is 10.3. The van der Waals surface area contributed by atoms with E-state index in [4.69, 9.17) is 4.98 Å². The van der Waals surface area contributed by atoms with Gasteiger partial charge in [-0.25, -0.2) is 4.98 Å². The van der Waals surface area contributed by atoms with Gasteiger partial charge in [0.15, 0.2) is 0 Å². The molecule has 1 atom stereocenters. The number of pyridine rings is 1. The lowest BCUT2D eigenvalue weighted by molar-refractivity contribution is 0.534. The van der Waals surface area contributed by atoms with E-state index in [2.05, 4.69) is 158 Å². The van der Waals surface area contributed by atoms with Crippen LogP contribution in [-0.4, -0.2) is 11.5 Å². The highest BCUT2D eigenvalue weighted by atomic mass is 14.9. The fraction of sp³-hybridized carbons (Fsp3) is 0.0976. The highest BCUT2D eigenvalue weighted by molar-refractivity contribution is 5.98. The lowest BCUT2D eigenvalue weighted by atomic mass is 9.71. The molecule has 4 aromatic carbocycles. The molecule has 8 rings (SSSR count). The van der Waals surface area contributed by atoms with E-state index in [9.17, 15) is 0 Å². The molecule has 0 radical (unpaired) electrons. The number of anilines is 1. The van der Waals surface area contributed by atoms with Crippen LogP contribution in [0.2, 0.25) is 0 Å². The van der Waals surface area contributed by atoms with E-state index >= 15 is 0 Å². The fourth-order valence-electron chi connectivity index (χ4n) is 6.71. The van der Waals surface area contributed by atoms with Crippen molar-refractivity contribution in [1.29, 1.82) is 0 Å². The Bertz CT molecular complexity index is 2040. The fourth-order valence-corrected chi connectivity index (χ4v) is 6.71. The van der Waals surface area contributed by atoms with Crippen LogP contribution in [0.1, 0.15) is 24.6 Å². The highest BCUT2D eigenvalue weighted by Gasteiger charge is 2.30. The summed E-state index contributed by atoms with van der Waals surface area (Å²) in [5, 5.41) is 4.74. The monoisotopic (exact) mass is 552 g/mol. The van der Waals surface area contributed by atoms with E-state index in [1.807, 2.05) is 0 Å². The Labute approximate surface area is 253 Å². The second-order valence-corrected chi connectivity index (χ2v) is 11.9. The van der Waals surface area contributed by atoms with Crippen molar-refractivity contribution in [2.45, 2.75) is 13.3 Å². The summed E-state index contributed by atoms with van der Waals surface area (Å²) in [6, 6.07) is 35.1. The second-order valence-electron chi connectivity index (χ2n) is 11.9. The zero-order valence-electron chi connectivity index (χ0n) is 24.2. The molecule has 1 N–H and O–H groups in total. The maximum absolute atomic E-state index is 5.30. The summed E-state index contributed by atoms with van der Waals surface area (Å²) in [5.41, 5.74) is 14.4. The first-order valence-corrected chi connectivity index (χ1v) is 15.1. The molecule has 0 bridgehead atoms. The Balaban J connectivity index is 1.26.